The zero-order chi connectivity index (χ0) is 19.2. The minimum atomic E-state index is -0.240. The van der Waals surface area contributed by atoms with Crippen molar-refractivity contribution in [2.75, 3.05) is 19.7 Å². The Morgan fingerprint density at radius 3 is 2.70 bits per heavy atom. The van der Waals surface area contributed by atoms with Crippen molar-refractivity contribution in [1.29, 1.82) is 0 Å². The second-order valence-electron chi connectivity index (χ2n) is 6.70. The molecule has 1 aromatic carbocycles. The average molecular weight is 371 g/mol. The summed E-state index contributed by atoms with van der Waals surface area (Å²) in [7, 11) is 0. The van der Waals surface area contributed by atoms with Crippen molar-refractivity contribution in [2.45, 2.75) is 39.2 Å². The smallest absolute Gasteiger partial charge is 0.273 e. The number of hydrogen-bond donors (Lipinski definition) is 1. The summed E-state index contributed by atoms with van der Waals surface area (Å²) in [6.45, 7) is 5.03. The van der Waals surface area contributed by atoms with Crippen LogP contribution in [0.2, 0.25) is 0 Å². The Morgan fingerprint density at radius 1 is 1.30 bits per heavy atom. The Kier molecular flexibility index (Phi) is 6.11. The van der Waals surface area contributed by atoms with Crippen LogP contribution >= 0.6 is 0 Å². The molecule has 0 unspecified atom stereocenters. The largest absolute Gasteiger partial charge is 0.483 e. The van der Waals surface area contributed by atoms with Gasteiger partial charge in [-0.15, -0.1) is 0 Å². The van der Waals surface area contributed by atoms with Crippen molar-refractivity contribution in [1.82, 2.24) is 15.4 Å². The molecule has 1 aliphatic heterocycles. The molecule has 1 saturated heterocycles. The molecule has 7 heteroatoms. The van der Waals surface area contributed by atoms with E-state index in [9.17, 15) is 9.59 Å². The van der Waals surface area contributed by atoms with Gasteiger partial charge in [0.1, 0.15) is 11.5 Å². The second-order valence-corrected chi connectivity index (χ2v) is 6.70. The van der Waals surface area contributed by atoms with E-state index in [4.69, 9.17) is 9.26 Å². The molecule has 0 saturated carbocycles. The van der Waals surface area contributed by atoms with Gasteiger partial charge in [0.15, 0.2) is 12.3 Å². The van der Waals surface area contributed by atoms with Gasteiger partial charge in [-0.1, -0.05) is 30.3 Å². The number of amides is 2. The van der Waals surface area contributed by atoms with Crippen molar-refractivity contribution in [3.63, 3.8) is 0 Å². The number of carbonyl (C=O) groups is 2. The molecule has 1 fully saturated rings. The molecule has 1 N–H and O–H groups in total. The molecular formula is C20H25N3O4. The van der Waals surface area contributed by atoms with E-state index in [-0.39, 0.29) is 30.2 Å². The third-order valence-corrected chi connectivity index (χ3v) is 4.75. The minimum absolute atomic E-state index is 0.0280. The van der Waals surface area contributed by atoms with Crippen molar-refractivity contribution in [3.8, 4) is 5.75 Å². The topological polar surface area (TPSA) is 84.7 Å². The Bertz CT molecular complexity index is 794. The Morgan fingerprint density at radius 2 is 2.04 bits per heavy atom. The molecule has 0 bridgehead atoms. The van der Waals surface area contributed by atoms with Crippen LogP contribution in [-0.4, -0.2) is 47.6 Å². The van der Waals surface area contributed by atoms with E-state index in [2.05, 4.69) is 17.4 Å². The van der Waals surface area contributed by atoms with Crippen molar-refractivity contribution in [2.24, 2.45) is 0 Å². The maximum Gasteiger partial charge on any atom is 0.273 e. The highest BCUT2D eigenvalue weighted by molar-refractivity contribution is 5.92. The van der Waals surface area contributed by atoms with E-state index in [1.54, 1.807) is 17.9 Å². The number of nitrogens with zero attached hydrogens (tertiary/aromatic N) is 2. The summed E-state index contributed by atoms with van der Waals surface area (Å²) >= 11 is 0. The van der Waals surface area contributed by atoms with E-state index < -0.39 is 0 Å². The number of ether oxygens (including phenoxy) is 1. The second kappa shape index (κ2) is 8.70. The van der Waals surface area contributed by atoms with E-state index >= 15 is 0 Å². The monoisotopic (exact) mass is 371 g/mol. The third-order valence-electron chi connectivity index (χ3n) is 4.75. The van der Waals surface area contributed by atoms with Crippen LogP contribution in [0.5, 0.6) is 5.75 Å². The molecule has 27 heavy (non-hydrogen) atoms. The first kappa shape index (κ1) is 18.9. The summed E-state index contributed by atoms with van der Waals surface area (Å²) in [4.78, 5) is 26.3. The van der Waals surface area contributed by atoms with Crippen LogP contribution in [0.3, 0.4) is 0 Å². The highest BCUT2D eigenvalue weighted by Gasteiger charge is 2.25. The van der Waals surface area contributed by atoms with Gasteiger partial charge in [-0.2, -0.15) is 0 Å². The third kappa shape index (κ3) is 4.87. The first-order chi connectivity index (χ1) is 13.1. The van der Waals surface area contributed by atoms with E-state index in [0.29, 0.717) is 31.7 Å². The summed E-state index contributed by atoms with van der Waals surface area (Å²) in [6.07, 6.45) is 2.28. The summed E-state index contributed by atoms with van der Waals surface area (Å²) in [5.74, 6) is 1.09. The quantitative estimate of drug-likeness (QED) is 0.843. The zero-order valence-corrected chi connectivity index (χ0v) is 15.7. The van der Waals surface area contributed by atoms with E-state index in [1.807, 2.05) is 24.3 Å². The van der Waals surface area contributed by atoms with Gasteiger partial charge in [0.05, 0.1) is 0 Å². The highest BCUT2D eigenvalue weighted by Crippen LogP contribution is 2.19. The van der Waals surface area contributed by atoms with Crippen LogP contribution < -0.4 is 10.1 Å². The number of para-hydroxylation sites is 1. The Balaban J connectivity index is 1.44. The number of nitrogens with one attached hydrogen (secondary N) is 1. The summed E-state index contributed by atoms with van der Waals surface area (Å²) in [6, 6.07) is 9.40. The lowest BCUT2D eigenvalue weighted by atomic mass is 10.0. The molecule has 0 spiro atoms. The number of carbonyl (C=O) groups excluding carboxylic acids is 2. The van der Waals surface area contributed by atoms with Gasteiger partial charge in [-0.3, -0.25) is 9.59 Å². The summed E-state index contributed by atoms with van der Waals surface area (Å²) < 4.78 is 10.6. The molecule has 7 nitrogen and oxygen atoms in total. The highest BCUT2D eigenvalue weighted by atomic mass is 16.5. The molecular weight excluding hydrogens is 346 g/mol. The number of aromatic nitrogens is 1. The van der Waals surface area contributed by atoms with Gasteiger partial charge >= 0.3 is 0 Å². The van der Waals surface area contributed by atoms with Gasteiger partial charge < -0.3 is 19.5 Å². The number of hydrogen-bond acceptors (Lipinski definition) is 5. The first-order valence-corrected chi connectivity index (χ1v) is 9.29. The zero-order valence-electron chi connectivity index (χ0n) is 15.7. The molecule has 0 radical (unpaired) electrons. The van der Waals surface area contributed by atoms with E-state index in [0.717, 1.165) is 17.7 Å². The fourth-order valence-corrected chi connectivity index (χ4v) is 3.17. The normalized spacial score (nSPS) is 14.8. The molecule has 1 aliphatic rings. The lowest BCUT2D eigenvalue weighted by Gasteiger charge is -2.32. The van der Waals surface area contributed by atoms with Gasteiger partial charge in [0, 0.05) is 25.2 Å². The van der Waals surface area contributed by atoms with Gasteiger partial charge in [0.25, 0.3) is 11.8 Å². The lowest BCUT2D eigenvalue weighted by molar-refractivity contribution is -0.134. The Labute approximate surface area is 158 Å². The predicted octanol–water partition coefficient (Wildman–Crippen LogP) is 2.35. The van der Waals surface area contributed by atoms with Gasteiger partial charge in [-0.25, -0.2) is 0 Å². The van der Waals surface area contributed by atoms with Gasteiger partial charge in [0.2, 0.25) is 0 Å². The molecule has 3 rings (SSSR count). The maximum atomic E-state index is 12.4. The minimum Gasteiger partial charge on any atom is -0.483 e. The molecule has 144 valence electrons. The number of aryl methyl sites for hydroxylation is 2. The van der Waals surface area contributed by atoms with Crippen molar-refractivity contribution in [3.05, 3.63) is 47.3 Å². The van der Waals surface area contributed by atoms with Gasteiger partial charge in [-0.05, 0) is 37.8 Å². The maximum absolute atomic E-state index is 12.4. The fourth-order valence-electron chi connectivity index (χ4n) is 3.17. The standard InChI is InChI=1S/C20H25N3O4/c1-3-15-6-4-5-7-18(15)26-13-19(24)23-10-8-16(9-11-23)21-20(25)17-12-14(2)27-22-17/h4-7,12,16H,3,8-11,13H2,1-2H3,(H,21,25). The van der Waals surface area contributed by atoms with E-state index in [1.165, 1.54) is 0 Å². The predicted molar refractivity (Wildman–Crippen MR) is 99.6 cm³/mol. The van der Waals surface area contributed by atoms with Crippen LogP contribution in [0.15, 0.2) is 34.9 Å². The lowest BCUT2D eigenvalue weighted by Crippen LogP contribution is -2.47. The van der Waals surface area contributed by atoms with Crippen LogP contribution in [0, 0.1) is 6.92 Å². The molecule has 0 aliphatic carbocycles. The number of piperidine rings is 1. The molecule has 0 atom stereocenters. The van der Waals surface area contributed by atoms with Crippen LogP contribution in [-0.2, 0) is 11.2 Å². The van der Waals surface area contributed by atoms with Crippen LogP contribution in [0.4, 0.5) is 0 Å². The van der Waals surface area contributed by atoms with Crippen molar-refractivity contribution < 1.29 is 18.8 Å². The van der Waals surface area contributed by atoms with Crippen molar-refractivity contribution >= 4 is 11.8 Å². The first-order valence-electron chi connectivity index (χ1n) is 9.29. The Hall–Kier alpha value is -2.83. The molecule has 1 aromatic heterocycles. The number of likely N-dealkylation sites (tertiary alicyclic amines) is 1. The SMILES string of the molecule is CCc1ccccc1OCC(=O)N1CCC(NC(=O)c2cc(C)on2)CC1. The van der Waals surface area contributed by atoms with Crippen LogP contribution in [0.1, 0.15) is 41.6 Å². The summed E-state index contributed by atoms with van der Waals surface area (Å²) in [5.41, 5.74) is 1.38. The fraction of sp³-hybridized carbons (Fsp3) is 0.450. The van der Waals surface area contributed by atoms with Crippen LogP contribution in [0.25, 0.3) is 0 Å². The molecule has 2 heterocycles. The number of benzene rings is 1. The number of rotatable bonds is 6. The summed E-state index contributed by atoms with van der Waals surface area (Å²) in [5, 5.41) is 6.67. The molecule has 2 amide bonds. The average Bonchev–Trinajstić information content (AvgIpc) is 3.13. The molecule has 2 aromatic rings.